The van der Waals surface area contributed by atoms with Crippen LogP contribution in [0, 0.1) is 0 Å². The number of carboxylic acids is 1. The van der Waals surface area contributed by atoms with Crippen molar-refractivity contribution in [2.45, 2.75) is 63.8 Å². The molecule has 0 aliphatic rings. The smallest absolute Gasteiger partial charge is 0.412 e. The van der Waals surface area contributed by atoms with Crippen LogP contribution >= 0.6 is 24.8 Å². The van der Waals surface area contributed by atoms with Gasteiger partial charge in [-0.15, -0.1) is 24.8 Å². The molecule has 0 saturated heterocycles. The highest BCUT2D eigenvalue weighted by atomic mass is 35.5. The van der Waals surface area contributed by atoms with Crippen molar-refractivity contribution in [3.05, 3.63) is 344 Å². The molecule has 116 heavy (non-hydrogen) atoms. The number of nitrogens with two attached hydrogens (primary N) is 1. The maximum Gasteiger partial charge on any atom is 0.412 e. The van der Waals surface area contributed by atoms with Gasteiger partial charge in [-0.2, -0.15) is 20.4 Å². The average Bonchev–Trinajstić information content (AvgIpc) is 1.69. The lowest BCUT2D eigenvalue weighted by atomic mass is 9.77. The van der Waals surface area contributed by atoms with Crippen LogP contribution in [0.4, 0.5) is 26.7 Å². The average molecular weight is 1580 g/mol. The summed E-state index contributed by atoms with van der Waals surface area (Å²) in [4.78, 5) is 65.7. The van der Waals surface area contributed by atoms with Crippen molar-refractivity contribution in [3.63, 3.8) is 0 Å². The van der Waals surface area contributed by atoms with E-state index in [-0.39, 0.29) is 30.4 Å². The van der Waals surface area contributed by atoms with E-state index in [1.807, 2.05) is 191 Å². The number of ether oxygens (including phenoxy) is 2. The number of aromatic amines is 6. The summed E-state index contributed by atoms with van der Waals surface area (Å²) in [5, 5.41) is 41.8. The van der Waals surface area contributed by atoms with E-state index in [1.54, 1.807) is 43.2 Å². The van der Waals surface area contributed by atoms with E-state index in [9.17, 15) is 19.5 Å². The summed E-state index contributed by atoms with van der Waals surface area (Å²) in [6.45, 7) is 10.9. The van der Waals surface area contributed by atoms with Crippen LogP contribution in [0.1, 0.15) is 85.3 Å². The number of fused-ring (bicyclic) bond motifs is 4. The summed E-state index contributed by atoms with van der Waals surface area (Å²) in [5.74, 6) is -1.01. The maximum absolute atomic E-state index is 12.4. The lowest BCUT2D eigenvalue weighted by Gasteiger charge is -2.36. The molecule has 0 bridgehead atoms. The number of H-pyrrole nitrogens is 6. The molecule has 0 radical (unpaired) electrons. The molecule has 25 nitrogen and oxygen atoms in total. The lowest BCUT2D eigenvalue weighted by Crippen LogP contribution is -2.38. The third kappa shape index (κ3) is 16.8. The maximum atomic E-state index is 12.4. The zero-order valence-electron chi connectivity index (χ0n) is 63.7. The number of aromatic carboxylic acids is 1. The van der Waals surface area contributed by atoms with Gasteiger partial charge in [-0.05, 0) is 99.2 Å². The Bertz CT molecular complexity index is 6120. The monoisotopic (exact) mass is 1580 g/mol. The first-order chi connectivity index (χ1) is 55.3. The van der Waals surface area contributed by atoms with E-state index < -0.39 is 40.4 Å². The number of rotatable bonds is 15. The van der Waals surface area contributed by atoms with Gasteiger partial charge in [-0.25, -0.2) is 34.3 Å². The molecular formula is C89H81Cl2N19O6. The van der Waals surface area contributed by atoms with Gasteiger partial charge in [-0.3, -0.25) is 30.2 Å². The quantitative estimate of drug-likeness (QED) is 0.0426. The molecule has 18 rings (SSSR count). The van der Waals surface area contributed by atoms with Crippen LogP contribution in [0.5, 0.6) is 0 Å². The molecular weight excluding hydrogens is 1500 g/mol. The zero-order valence-corrected chi connectivity index (χ0v) is 65.4. The molecule has 18 aromatic rings. The fraction of sp³-hybridized carbons (Fsp3) is 0.112. The van der Waals surface area contributed by atoms with Crippen molar-refractivity contribution in [2.24, 2.45) is 0 Å². The molecule has 0 unspecified atom stereocenters. The van der Waals surface area contributed by atoms with Crippen molar-refractivity contribution in [1.82, 2.24) is 79.8 Å². The van der Waals surface area contributed by atoms with Crippen LogP contribution in [0.15, 0.2) is 305 Å². The molecule has 12 heterocycles. The number of benzene rings is 6. The number of carboxylic acid groups (broad SMARTS) is 1. The Hall–Kier alpha value is -14.7. The fourth-order valence-electron chi connectivity index (χ4n) is 14.0. The number of hydrogen-bond acceptors (Lipinski definition) is 14. The van der Waals surface area contributed by atoms with Crippen LogP contribution in [-0.2, 0) is 20.6 Å². The van der Waals surface area contributed by atoms with Crippen molar-refractivity contribution in [3.8, 4) is 44.5 Å². The minimum absolute atomic E-state index is 0. The van der Waals surface area contributed by atoms with Gasteiger partial charge in [0.1, 0.15) is 44.9 Å². The van der Waals surface area contributed by atoms with Gasteiger partial charge in [0.05, 0.1) is 66.0 Å². The van der Waals surface area contributed by atoms with Gasteiger partial charge in [0.25, 0.3) is 0 Å². The van der Waals surface area contributed by atoms with E-state index in [2.05, 4.69) is 186 Å². The Morgan fingerprint density at radius 1 is 0.379 bits per heavy atom. The summed E-state index contributed by atoms with van der Waals surface area (Å²) < 4.78 is 14.7. The molecule has 12 aromatic heterocycles. The van der Waals surface area contributed by atoms with Gasteiger partial charge in [0, 0.05) is 122 Å². The molecule has 0 spiro atoms. The van der Waals surface area contributed by atoms with Gasteiger partial charge in [0.15, 0.2) is 0 Å². The number of nitrogens with one attached hydrogen (secondary N) is 8. The standard InChI is InChI=1S/C34H31N5O2.C30H22N4O2.C15H17N5O2.C10H9N5.2ClH/c1-33(2,3)41-32(40)38-28-19-29-30(22-36-31(29)35-21-28)24-20-37-39(23-24)34(25-13-7-4-8-14-25,26-15-9-5-10-16-26)27-17-11-6-12-18-27;35-29(36)21-16-26-27(19-32-28(26)31-17-21)22-18-33-34(20-22)30(23-10-4-1-5-11-23,24-12-6-2-7-13-24)25-14-8-3-9-15-25;1-15(2,3)22-14(21)20-10-4-11-12(9-5-18-19-6-9)8-17-13(11)16-7-10;11-7-1-8-9(6-2-14-15-3-6)5-13-10(8)12-4-7;;/h4-23H,1-3H3,(H,35,36)(H,38,40);1-20H,(H,31,32)(H,35,36);4-8H,1-3H3,(H,16,17)(H,18,19)(H,20,21);1-5H,11H2,(H,12,13)(H,14,15);2*1H. The topological polar surface area (TPSA) is 348 Å². The van der Waals surface area contributed by atoms with Crippen LogP contribution in [0.2, 0.25) is 0 Å². The molecule has 0 aliphatic heterocycles. The van der Waals surface area contributed by atoms with Gasteiger partial charge < -0.3 is 40.2 Å². The van der Waals surface area contributed by atoms with E-state index in [0.717, 1.165) is 111 Å². The second-order valence-corrected chi connectivity index (χ2v) is 28.8. The number of amides is 2. The molecule has 0 saturated carbocycles. The summed E-state index contributed by atoms with van der Waals surface area (Å²) in [6.07, 6.45) is 27.6. The van der Waals surface area contributed by atoms with Crippen molar-refractivity contribution in [2.75, 3.05) is 16.4 Å². The molecule has 27 heteroatoms. The number of nitrogens with zero attached hydrogens (tertiary/aromatic N) is 10. The van der Waals surface area contributed by atoms with Crippen molar-refractivity contribution >= 4 is 104 Å². The minimum atomic E-state index is -1.01. The molecule has 11 N–H and O–H groups in total. The van der Waals surface area contributed by atoms with Crippen LogP contribution in [0.25, 0.3) is 88.6 Å². The molecule has 0 fully saturated rings. The first-order valence-electron chi connectivity index (χ1n) is 36.6. The van der Waals surface area contributed by atoms with Crippen molar-refractivity contribution in [1.29, 1.82) is 0 Å². The lowest BCUT2D eigenvalue weighted by molar-refractivity contribution is 0.0624. The van der Waals surface area contributed by atoms with E-state index in [0.29, 0.717) is 28.4 Å². The van der Waals surface area contributed by atoms with Crippen molar-refractivity contribution < 1.29 is 29.0 Å². The number of carbonyl (C=O) groups is 3. The second kappa shape index (κ2) is 34.1. The first kappa shape index (κ1) is 79.4. The Labute approximate surface area is 678 Å². The van der Waals surface area contributed by atoms with Gasteiger partial charge in [0.2, 0.25) is 0 Å². The predicted molar refractivity (Wildman–Crippen MR) is 457 cm³/mol. The summed E-state index contributed by atoms with van der Waals surface area (Å²) >= 11 is 0. The number of pyridine rings is 4. The van der Waals surface area contributed by atoms with Crippen LogP contribution < -0.4 is 16.4 Å². The van der Waals surface area contributed by atoms with Gasteiger partial charge >= 0.3 is 18.2 Å². The molecule has 0 aliphatic carbocycles. The Kier molecular flexibility index (Phi) is 23.3. The molecule has 2 amide bonds. The molecule has 582 valence electrons. The number of hydrogen-bond donors (Lipinski definition) is 10. The highest BCUT2D eigenvalue weighted by Gasteiger charge is 2.41. The number of halogens is 2. The minimum Gasteiger partial charge on any atom is -0.478 e. The van der Waals surface area contributed by atoms with Gasteiger partial charge in [-0.1, -0.05) is 182 Å². The van der Waals surface area contributed by atoms with E-state index in [4.69, 9.17) is 25.4 Å². The molecule has 0 atom stereocenters. The number of anilines is 3. The second-order valence-electron chi connectivity index (χ2n) is 28.8. The predicted octanol–water partition coefficient (Wildman–Crippen LogP) is 19.3. The fourth-order valence-corrected chi connectivity index (χ4v) is 14.0. The first-order valence-corrected chi connectivity index (χ1v) is 36.6. The highest BCUT2D eigenvalue weighted by molar-refractivity contribution is 6.00. The Morgan fingerprint density at radius 3 is 0.991 bits per heavy atom. The van der Waals surface area contributed by atoms with Crippen LogP contribution in [-0.4, -0.2) is 114 Å². The van der Waals surface area contributed by atoms with E-state index >= 15 is 0 Å². The van der Waals surface area contributed by atoms with Crippen LogP contribution in [0.3, 0.4) is 0 Å². The number of carbonyl (C=O) groups excluding carboxylic acids is 2. The summed E-state index contributed by atoms with van der Waals surface area (Å²) in [7, 11) is 0. The highest BCUT2D eigenvalue weighted by Crippen LogP contribution is 2.44. The largest absolute Gasteiger partial charge is 0.478 e. The zero-order chi connectivity index (χ0) is 79.0. The Balaban J connectivity index is 0.000000142. The SMILES string of the molecule is CC(C)(C)OC(=O)Nc1cnc2[nH]cc(-c3cn[nH]c3)c2c1.CC(C)(C)OC(=O)Nc1cnc2[nH]cc(-c3cnn(C(c4ccccc4)(c4ccccc4)c4ccccc4)c3)c2c1.Cl.Cl.Nc1cnc2[nH]cc(-c3cn[nH]c3)c2c1.O=C(O)c1cnc2[nH]cc(-c3cnn(C(c4ccccc4)(c4ccccc4)c4ccccc4)c3)c2c1. The third-order valence-corrected chi connectivity index (χ3v) is 18.9. The number of aromatic nitrogens is 16. The third-order valence-electron chi connectivity index (χ3n) is 18.9. The molecule has 6 aromatic carbocycles. The number of nitrogen functional groups attached to an aromatic ring is 1. The summed E-state index contributed by atoms with van der Waals surface area (Å²) in [6, 6.07) is 69.6. The normalized spacial score (nSPS) is 11.4. The Morgan fingerprint density at radius 2 is 0.681 bits per heavy atom. The summed E-state index contributed by atoms with van der Waals surface area (Å²) in [5.41, 5.74) is 22.0. The van der Waals surface area contributed by atoms with E-state index in [1.165, 1.54) is 6.20 Å².